The number of anilines is 1. The average molecular weight is 393 g/mol. The van der Waals surface area contributed by atoms with E-state index in [4.69, 9.17) is 0 Å². The highest BCUT2D eigenvalue weighted by atomic mass is 32.2. The van der Waals surface area contributed by atoms with E-state index in [2.05, 4.69) is 28.8 Å². The van der Waals surface area contributed by atoms with E-state index in [1.54, 1.807) is 18.2 Å². The Morgan fingerprint density at radius 1 is 1.19 bits per heavy atom. The van der Waals surface area contributed by atoms with Crippen molar-refractivity contribution in [2.45, 2.75) is 69.2 Å². The summed E-state index contributed by atoms with van der Waals surface area (Å²) < 4.78 is 27.7. The smallest absolute Gasteiger partial charge is 0.261 e. The summed E-state index contributed by atoms with van der Waals surface area (Å²) >= 11 is 0. The van der Waals surface area contributed by atoms with E-state index in [9.17, 15) is 13.2 Å². The fourth-order valence-electron chi connectivity index (χ4n) is 4.84. The summed E-state index contributed by atoms with van der Waals surface area (Å²) in [6.07, 6.45) is 2.27. The van der Waals surface area contributed by atoms with Crippen molar-refractivity contribution >= 4 is 21.6 Å². The number of benzene rings is 1. The average Bonchev–Trinajstić information content (AvgIpc) is 2.87. The van der Waals surface area contributed by atoms with Gasteiger partial charge in [-0.25, -0.2) is 8.42 Å². The zero-order valence-corrected chi connectivity index (χ0v) is 16.9. The molecule has 3 atom stereocenters. The molecule has 148 valence electrons. The van der Waals surface area contributed by atoms with Crippen LogP contribution in [0.15, 0.2) is 23.1 Å². The highest BCUT2D eigenvalue weighted by molar-refractivity contribution is 7.89. The van der Waals surface area contributed by atoms with Crippen molar-refractivity contribution in [3.8, 4) is 0 Å². The highest BCUT2D eigenvalue weighted by Gasteiger charge is 2.42. The van der Waals surface area contributed by atoms with Gasteiger partial charge in [0.1, 0.15) is 4.90 Å². The lowest BCUT2D eigenvalue weighted by molar-refractivity contribution is -0.132. The fourth-order valence-corrected chi connectivity index (χ4v) is 6.09. The summed E-state index contributed by atoms with van der Waals surface area (Å²) in [6, 6.07) is 6.45. The van der Waals surface area contributed by atoms with Gasteiger partial charge in [-0.05, 0) is 57.7 Å². The topological polar surface area (TPSA) is 81.8 Å². The molecule has 0 aromatic heterocycles. The predicted octanol–water partition coefficient (Wildman–Crippen LogP) is 1.50. The van der Waals surface area contributed by atoms with E-state index in [1.165, 1.54) is 6.42 Å². The Labute approximate surface area is 161 Å². The molecule has 0 spiro atoms. The number of carbonyl (C=O) groups excluding carboxylic acids is 1. The Kier molecular flexibility index (Phi) is 4.68. The van der Waals surface area contributed by atoms with Gasteiger partial charge < -0.3 is 10.2 Å². The van der Waals surface area contributed by atoms with Gasteiger partial charge in [-0.15, -0.1) is 0 Å². The van der Waals surface area contributed by atoms with Gasteiger partial charge >= 0.3 is 0 Å². The van der Waals surface area contributed by atoms with Crippen LogP contribution in [0.1, 0.15) is 38.7 Å². The molecule has 1 aromatic carbocycles. The quantitative estimate of drug-likeness (QED) is 0.797. The van der Waals surface area contributed by atoms with Gasteiger partial charge in [0.15, 0.2) is 6.17 Å². The first kappa shape index (κ1) is 18.7. The van der Waals surface area contributed by atoms with Crippen LogP contribution in [0.25, 0.3) is 0 Å². The Hall–Kier alpha value is -1.64. The van der Waals surface area contributed by atoms with Crippen molar-refractivity contribution in [2.24, 2.45) is 0 Å². The molecule has 0 aliphatic carbocycles. The monoisotopic (exact) mass is 392 g/mol. The van der Waals surface area contributed by atoms with Crippen LogP contribution >= 0.6 is 0 Å². The molecule has 0 radical (unpaired) electrons. The van der Waals surface area contributed by atoms with Gasteiger partial charge in [-0.3, -0.25) is 9.69 Å². The first-order valence-corrected chi connectivity index (χ1v) is 11.2. The predicted molar refractivity (Wildman–Crippen MR) is 104 cm³/mol. The fraction of sp³-hybridized carbons (Fsp3) is 0.632. The van der Waals surface area contributed by atoms with Crippen LogP contribution in [-0.2, 0) is 14.8 Å². The minimum atomic E-state index is -3.71. The maximum absolute atomic E-state index is 13.2. The second-order valence-corrected chi connectivity index (χ2v) is 9.88. The second-order valence-electron chi connectivity index (χ2n) is 8.20. The van der Waals surface area contributed by atoms with Crippen molar-refractivity contribution in [1.82, 2.24) is 14.5 Å². The number of hydrogen-bond donors (Lipinski definition) is 2. The van der Waals surface area contributed by atoms with Gasteiger partial charge in [0.2, 0.25) is 10.0 Å². The lowest BCUT2D eigenvalue weighted by Crippen LogP contribution is -2.56. The van der Waals surface area contributed by atoms with Crippen LogP contribution < -0.4 is 10.0 Å². The van der Waals surface area contributed by atoms with E-state index in [0.717, 1.165) is 18.4 Å². The van der Waals surface area contributed by atoms with Crippen LogP contribution in [0.3, 0.4) is 0 Å². The van der Waals surface area contributed by atoms with E-state index in [-0.39, 0.29) is 10.8 Å². The second kappa shape index (κ2) is 6.76. The molecule has 0 saturated carbocycles. The maximum atomic E-state index is 13.2. The molecule has 3 unspecified atom stereocenters. The van der Waals surface area contributed by atoms with Crippen molar-refractivity contribution in [3.63, 3.8) is 0 Å². The minimum absolute atomic E-state index is 0.193. The Morgan fingerprint density at radius 3 is 2.67 bits per heavy atom. The molecule has 2 N–H and O–H groups in total. The first-order chi connectivity index (χ1) is 12.8. The molecule has 4 rings (SSSR count). The number of hydrogen-bond acceptors (Lipinski definition) is 5. The molecule has 3 aliphatic rings. The van der Waals surface area contributed by atoms with Crippen LogP contribution in [0, 0.1) is 6.92 Å². The van der Waals surface area contributed by atoms with Crippen molar-refractivity contribution in [3.05, 3.63) is 23.8 Å². The summed E-state index contributed by atoms with van der Waals surface area (Å²) in [6.45, 7) is 7.65. The van der Waals surface area contributed by atoms with Crippen molar-refractivity contribution in [1.29, 1.82) is 0 Å². The highest BCUT2D eigenvalue weighted by Crippen LogP contribution is 2.33. The standard InChI is InChI=1S/C19H28N4O3S/c1-12(2)23-14-5-6-15(23)11-22(9-8-14)19(24)18-20-16-10-13(3)4-7-17(16)27(25,26)21-18/h4,7,10,12,14-15,18,20-21H,5-6,8-9,11H2,1-3H3. The number of carbonyl (C=O) groups is 1. The van der Waals surface area contributed by atoms with E-state index in [0.29, 0.717) is 36.9 Å². The number of rotatable bonds is 2. The third kappa shape index (κ3) is 3.34. The summed E-state index contributed by atoms with van der Waals surface area (Å²) in [7, 11) is -3.71. The first-order valence-electron chi connectivity index (χ1n) is 9.72. The molecular weight excluding hydrogens is 364 g/mol. The zero-order valence-electron chi connectivity index (χ0n) is 16.1. The van der Waals surface area contributed by atoms with Crippen LogP contribution in [-0.4, -0.2) is 61.5 Å². The van der Waals surface area contributed by atoms with Gasteiger partial charge in [-0.1, -0.05) is 6.07 Å². The largest absolute Gasteiger partial charge is 0.360 e. The molecular formula is C19H28N4O3S. The Balaban J connectivity index is 1.55. The minimum Gasteiger partial charge on any atom is -0.360 e. The Bertz CT molecular complexity index is 855. The third-order valence-electron chi connectivity index (χ3n) is 5.99. The molecule has 8 heteroatoms. The lowest BCUT2D eigenvalue weighted by Gasteiger charge is -2.34. The zero-order chi connectivity index (χ0) is 19.3. The molecule has 2 fully saturated rings. The molecule has 3 aliphatic heterocycles. The van der Waals surface area contributed by atoms with Gasteiger partial charge in [0, 0.05) is 31.2 Å². The van der Waals surface area contributed by atoms with Gasteiger partial charge in [0.05, 0.1) is 5.69 Å². The van der Waals surface area contributed by atoms with E-state index in [1.807, 2.05) is 11.8 Å². The summed E-state index contributed by atoms with van der Waals surface area (Å²) in [5.74, 6) is -0.193. The van der Waals surface area contributed by atoms with Gasteiger partial charge in [-0.2, -0.15) is 4.72 Å². The molecule has 3 heterocycles. The van der Waals surface area contributed by atoms with Crippen LogP contribution in [0.2, 0.25) is 0 Å². The number of amides is 1. The normalized spacial score (nSPS) is 29.9. The summed E-state index contributed by atoms with van der Waals surface area (Å²) in [5.41, 5.74) is 1.44. The van der Waals surface area contributed by atoms with Gasteiger partial charge in [0.25, 0.3) is 5.91 Å². The SMILES string of the molecule is Cc1ccc2c(c1)NC(C(=O)N1CCC3CCC(C1)N3C(C)C)NS2(=O)=O. The molecule has 1 amide bonds. The maximum Gasteiger partial charge on any atom is 0.261 e. The van der Waals surface area contributed by atoms with E-state index >= 15 is 0 Å². The molecule has 1 aromatic rings. The molecule has 27 heavy (non-hydrogen) atoms. The van der Waals surface area contributed by atoms with Crippen LogP contribution in [0.4, 0.5) is 5.69 Å². The summed E-state index contributed by atoms with van der Waals surface area (Å²) in [4.78, 5) is 17.7. The number of sulfonamides is 1. The lowest BCUT2D eigenvalue weighted by atomic mass is 10.1. The number of nitrogens with zero attached hydrogens (tertiary/aromatic N) is 2. The third-order valence-corrected chi connectivity index (χ3v) is 7.47. The number of fused-ring (bicyclic) bond motifs is 3. The van der Waals surface area contributed by atoms with Crippen LogP contribution in [0.5, 0.6) is 0 Å². The van der Waals surface area contributed by atoms with Crippen molar-refractivity contribution in [2.75, 3.05) is 18.4 Å². The number of aryl methyl sites for hydroxylation is 1. The molecule has 2 bridgehead atoms. The molecule has 2 saturated heterocycles. The molecule has 7 nitrogen and oxygen atoms in total. The van der Waals surface area contributed by atoms with E-state index < -0.39 is 16.2 Å². The Morgan fingerprint density at radius 2 is 1.93 bits per heavy atom. The number of nitrogens with one attached hydrogen (secondary N) is 2. The summed E-state index contributed by atoms with van der Waals surface area (Å²) in [5, 5.41) is 3.09. The number of likely N-dealkylation sites (tertiary alicyclic amines) is 1. The van der Waals surface area contributed by atoms with Crippen molar-refractivity contribution < 1.29 is 13.2 Å².